The van der Waals surface area contributed by atoms with Crippen molar-refractivity contribution in [2.45, 2.75) is 64.5 Å². The number of thioether (sulfide) groups is 1. The molecule has 146 valence electrons. The van der Waals surface area contributed by atoms with Crippen LogP contribution in [-0.2, 0) is 4.79 Å². The van der Waals surface area contributed by atoms with Gasteiger partial charge in [0.25, 0.3) is 5.91 Å². The predicted molar refractivity (Wildman–Crippen MR) is 115 cm³/mol. The molecule has 1 aromatic carbocycles. The van der Waals surface area contributed by atoms with E-state index in [4.69, 9.17) is 21.7 Å². The molecule has 1 saturated carbocycles. The predicted octanol–water partition coefficient (Wildman–Crippen LogP) is 5.41. The summed E-state index contributed by atoms with van der Waals surface area (Å²) in [5.74, 6) is 1.43. The minimum atomic E-state index is 0.0378. The molecular formula is C21H27NO3S2. The van der Waals surface area contributed by atoms with Crippen LogP contribution < -0.4 is 9.47 Å². The summed E-state index contributed by atoms with van der Waals surface area (Å²) >= 11 is 6.90. The molecule has 0 N–H and O–H groups in total. The smallest absolute Gasteiger partial charge is 0.266 e. The molecule has 1 saturated heterocycles. The van der Waals surface area contributed by atoms with E-state index in [-0.39, 0.29) is 18.1 Å². The number of nitrogens with zero attached hydrogens (tertiary/aromatic N) is 1. The molecule has 2 aliphatic rings. The van der Waals surface area contributed by atoms with Gasteiger partial charge in [-0.25, -0.2) is 0 Å². The highest BCUT2D eigenvalue weighted by Crippen LogP contribution is 2.38. The highest BCUT2D eigenvalue weighted by molar-refractivity contribution is 8.26. The second-order valence-corrected chi connectivity index (χ2v) is 8.77. The normalized spacial score (nSPS) is 21.0. The summed E-state index contributed by atoms with van der Waals surface area (Å²) < 4.78 is 12.1. The number of thiocarbonyl (C=S) groups is 1. The average molecular weight is 406 g/mol. The summed E-state index contributed by atoms with van der Waals surface area (Å²) in [6.07, 6.45) is 8.66. The maximum atomic E-state index is 12.9. The van der Waals surface area contributed by atoms with Gasteiger partial charge in [0.05, 0.1) is 18.1 Å². The fourth-order valence-corrected chi connectivity index (χ4v) is 4.86. The van der Waals surface area contributed by atoms with Crippen molar-refractivity contribution in [1.29, 1.82) is 0 Å². The molecular weight excluding hydrogens is 378 g/mol. The number of methoxy groups -OCH3 is 1. The number of carbonyl (C=O) groups is 1. The maximum absolute atomic E-state index is 12.9. The molecule has 27 heavy (non-hydrogen) atoms. The lowest BCUT2D eigenvalue weighted by molar-refractivity contribution is -0.124. The zero-order valence-electron chi connectivity index (χ0n) is 16.2. The van der Waals surface area contributed by atoms with E-state index < -0.39 is 0 Å². The molecule has 1 aromatic rings. The summed E-state index contributed by atoms with van der Waals surface area (Å²) in [7, 11) is 1.63. The van der Waals surface area contributed by atoms with E-state index in [0.29, 0.717) is 15.0 Å². The summed E-state index contributed by atoms with van der Waals surface area (Å²) in [5, 5.41) is 0. The number of rotatable bonds is 6. The molecule has 6 heteroatoms. The number of hydrogen-bond acceptors (Lipinski definition) is 5. The third kappa shape index (κ3) is 4.66. The first-order chi connectivity index (χ1) is 13.0. The van der Waals surface area contributed by atoms with E-state index in [1.165, 1.54) is 31.0 Å². The van der Waals surface area contributed by atoms with Gasteiger partial charge in [-0.3, -0.25) is 9.69 Å². The number of ether oxygens (including phenoxy) is 2. The van der Waals surface area contributed by atoms with Crippen LogP contribution in [0.25, 0.3) is 6.08 Å². The molecule has 1 amide bonds. The van der Waals surface area contributed by atoms with E-state index in [2.05, 4.69) is 6.92 Å². The highest BCUT2D eigenvalue weighted by Gasteiger charge is 2.37. The molecule has 1 aliphatic carbocycles. The summed E-state index contributed by atoms with van der Waals surface area (Å²) in [4.78, 5) is 15.4. The van der Waals surface area contributed by atoms with Crippen molar-refractivity contribution in [2.24, 2.45) is 0 Å². The first-order valence-electron chi connectivity index (χ1n) is 9.65. The van der Waals surface area contributed by atoms with Gasteiger partial charge in [-0.2, -0.15) is 0 Å². The summed E-state index contributed by atoms with van der Waals surface area (Å²) in [5.41, 5.74) is 0.910. The van der Waals surface area contributed by atoms with Gasteiger partial charge in [0.2, 0.25) is 0 Å². The Labute approximate surface area is 171 Å². The average Bonchev–Trinajstić information content (AvgIpc) is 2.96. The van der Waals surface area contributed by atoms with Gasteiger partial charge in [-0.15, -0.1) is 0 Å². The maximum Gasteiger partial charge on any atom is 0.266 e. The van der Waals surface area contributed by atoms with Crippen LogP contribution in [0.2, 0.25) is 0 Å². The van der Waals surface area contributed by atoms with Crippen LogP contribution in [0.1, 0.15) is 57.9 Å². The van der Waals surface area contributed by atoms with Crippen molar-refractivity contribution in [1.82, 2.24) is 4.90 Å². The number of carbonyl (C=O) groups excluding carboxylic acids is 1. The third-order valence-electron chi connectivity index (χ3n) is 5.15. The quantitative estimate of drug-likeness (QED) is 0.468. The lowest BCUT2D eigenvalue weighted by Gasteiger charge is -2.29. The first-order valence-corrected chi connectivity index (χ1v) is 10.9. The molecule has 0 spiro atoms. The standard InChI is InChI=1S/C21H27NO3S2/c1-4-14(2)25-17-11-10-15(12-18(17)24-3)13-19-20(23)22(21(26)27-19)16-8-6-5-7-9-16/h10-14,16H,4-9H2,1-3H3/b19-13+/t14-/m1/s1. The number of benzene rings is 1. The monoisotopic (exact) mass is 405 g/mol. The van der Waals surface area contributed by atoms with Gasteiger partial charge in [-0.1, -0.05) is 56.2 Å². The van der Waals surface area contributed by atoms with Gasteiger partial charge in [-0.05, 0) is 50.0 Å². The highest BCUT2D eigenvalue weighted by atomic mass is 32.2. The van der Waals surface area contributed by atoms with Crippen molar-refractivity contribution in [3.63, 3.8) is 0 Å². The molecule has 2 fully saturated rings. The van der Waals surface area contributed by atoms with Crippen LogP contribution >= 0.6 is 24.0 Å². The largest absolute Gasteiger partial charge is 0.493 e. The van der Waals surface area contributed by atoms with Gasteiger partial charge in [0.1, 0.15) is 4.32 Å². The van der Waals surface area contributed by atoms with E-state index in [9.17, 15) is 4.79 Å². The molecule has 3 rings (SSSR count). The minimum absolute atomic E-state index is 0.0378. The van der Waals surface area contributed by atoms with Crippen LogP contribution in [0.3, 0.4) is 0 Å². The van der Waals surface area contributed by atoms with Gasteiger partial charge in [0.15, 0.2) is 11.5 Å². The molecule has 0 aromatic heterocycles. The van der Waals surface area contributed by atoms with Gasteiger partial charge < -0.3 is 9.47 Å². The van der Waals surface area contributed by atoms with Gasteiger partial charge >= 0.3 is 0 Å². The Morgan fingerprint density at radius 3 is 2.70 bits per heavy atom. The summed E-state index contributed by atoms with van der Waals surface area (Å²) in [6.45, 7) is 4.11. The fraction of sp³-hybridized carbons (Fsp3) is 0.524. The van der Waals surface area contributed by atoms with E-state index in [1.54, 1.807) is 7.11 Å². The van der Waals surface area contributed by atoms with Crippen molar-refractivity contribution >= 4 is 40.3 Å². The Kier molecular flexibility index (Phi) is 6.82. The molecule has 1 atom stereocenters. The van der Waals surface area contributed by atoms with Crippen molar-refractivity contribution < 1.29 is 14.3 Å². The van der Waals surface area contributed by atoms with Crippen LogP contribution in [0.5, 0.6) is 11.5 Å². The lowest BCUT2D eigenvalue weighted by atomic mass is 9.94. The Morgan fingerprint density at radius 1 is 1.30 bits per heavy atom. The zero-order valence-corrected chi connectivity index (χ0v) is 17.8. The van der Waals surface area contributed by atoms with Crippen LogP contribution in [0, 0.1) is 0 Å². The number of amides is 1. The minimum Gasteiger partial charge on any atom is -0.493 e. The van der Waals surface area contributed by atoms with Crippen molar-refractivity contribution in [2.75, 3.05) is 7.11 Å². The Morgan fingerprint density at radius 2 is 2.04 bits per heavy atom. The van der Waals surface area contributed by atoms with Crippen LogP contribution in [0.15, 0.2) is 23.1 Å². The second-order valence-electron chi connectivity index (χ2n) is 7.09. The topological polar surface area (TPSA) is 38.8 Å². The second kappa shape index (κ2) is 9.11. The Bertz CT molecular complexity index is 741. The van der Waals surface area contributed by atoms with Gasteiger partial charge in [0, 0.05) is 6.04 Å². The molecule has 1 aliphatic heterocycles. The summed E-state index contributed by atoms with van der Waals surface area (Å²) in [6, 6.07) is 6.02. The third-order valence-corrected chi connectivity index (χ3v) is 6.48. The number of hydrogen-bond donors (Lipinski definition) is 0. The molecule has 4 nitrogen and oxygen atoms in total. The zero-order chi connectivity index (χ0) is 19.4. The van der Waals surface area contributed by atoms with Crippen LogP contribution in [0.4, 0.5) is 0 Å². The van der Waals surface area contributed by atoms with E-state index in [1.807, 2.05) is 36.1 Å². The van der Waals surface area contributed by atoms with Crippen LogP contribution in [-0.4, -0.2) is 34.4 Å². The Hall–Kier alpha value is -1.53. The van der Waals surface area contributed by atoms with Crippen molar-refractivity contribution in [3.8, 4) is 11.5 Å². The molecule has 0 radical (unpaired) electrons. The molecule has 1 heterocycles. The lowest BCUT2D eigenvalue weighted by Crippen LogP contribution is -2.39. The van der Waals surface area contributed by atoms with E-state index >= 15 is 0 Å². The SMILES string of the molecule is CC[C@@H](C)Oc1ccc(/C=C2/SC(=S)N(C3CCCCC3)C2=O)cc1OC. The molecule has 0 bridgehead atoms. The molecule has 0 unspecified atom stereocenters. The van der Waals surface area contributed by atoms with Crippen molar-refractivity contribution in [3.05, 3.63) is 28.7 Å². The fourth-order valence-electron chi connectivity index (χ4n) is 3.46. The first kappa shape index (κ1) is 20.2. The Balaban J connectivity index is 1.79. The van der Waals surface area contributed by atoms with E-state index in [0.717, 1.165) is 30.6 Å².